The Morgan fingerprint density at radius 2 is 1.85 bits per heavy atom. The number of hydrogen-bond acceptors (Lipinski definition) is 6. The van der Waals surface area contributed by atoms with Crippen molar-refractivity contribution in [2.45, 2.75) is 12.8 Å². The highest BCUT2D eigenvalue weighted by atomic mass is 16.5. The van der Waals surface area contributed by atoms with E-state index in [4.69, 9.17) is 14.6 Å². The van der Waals surface area contributed by atoms with E-state index in [1.54, 1.807) is 24.4 Å². The molecule has 0 heterocycles. The smallest absolute Gasteiger partial charge is 0.337 e. The Hall–Kier alpha value is -3.48. The number of hydrogen-bond donors (Lipinski definition) is 1. The number of aliphatic carboxylic acids is 1. The van der Waals surface area contributed by atoms with Gasteiger partial charge in [-0.15, -0.1) is 0 Å². The lowest BCUT2D eigenvalue weighted by atomic mass is 10.1. The number of carboxylic acids is 1. The molecule has 0 amide bonds. The number of benzene rings is 2. The predicted octanol–water partition coefficient (Wildman–Crippen LogP) is 3.77. The zero-order valence-electron chi connectivity index (χ0n) is 14.9. The number of nitrogens with zero attached hydrogens (tertiary/aromatic N) is 2. The first-order valence-electron chi connectivity index (χ1n) is 8.27. The van der Waals surface area contributed by atoms with E-state index in [-0.39, 0.29) is 13.0 Å². The van der Waals surface area contributed by atoms with Gasteiger partial charge in [0.2, 0.25) is 0 Å². The molecule has 0 saturated heterocycles. The van der Waals surface area contributed by atoms with Crippen molar-refractivity contribution in [1.29, 1.82) is 0 Å². The molecule has 0 unspecified atom stereocenters. The van der Waals surface area contributed by atoms with Crippen LogP contribution in [0.3, 0.4) is 0 Å². The van der Waals surface area contributed by atoms with Crippen molar-refractivity contribution in [2.24, 2.45) is 9.98 Å². The van der Waals surface area contributed by atoms with Gasteiger partial charge in [-0.3, -0.25) is 9.79 Å². The highest BCUT2D eigenvalue weighted by Gasteiger charge is 2.09. The summed E-state index contributed by atoms with van der Waals surface area (Å²) < 4.78 is 9.93. The summed E-state index contributed by atoms with van der Waals surface area (Å²) in [6.45, 7) is 0.231. The standard InChI is InChI=1S/C20H20N2O5/c1-26-20(25)16-9-10-17(21-13-15-6-3-2-4-7-15)18(12-16)22-14-27-11-5-8-19(23)24/h2-4,6-7,9-10,12-14H,5,8,11H2,1H3,(H,23,24). The number of carbonyl (C=O) groups is 2. The first kappa shape index (κ1) is 19.8. The molecule has 0 spiro atoms. The second kappa shape index (κ2) is 10.5. The molecule has 0 fully saturated rings. The van der Waals surface area contributed by atoms with E-state index < -0.39 is 11.9 Å². The molecule has 2 rings (SSSR count). The molecule has 0 aromatic heterocycles. The fourth-order valence-electron chi connectivity index (χ4n) is 2.12. The van der Waals surface area contributed by atoms with Crippen LogP contribution in [-0.4, -0.2) is 43.4 Å². The van der Waals surface area contributed by atoms with Crippen molar-refractivity contribution in [3.05, 3.63) is 59.7 Å². The van der Waals surface area contributed by atoms with Crippen LogP contribution < -0.4 is 0 Å². The van der Waals surface area contributed by atoms with Crippen LogP contribution in [0.1, 0.15) is 28.8 Å². The molecule has 0 aliphatic heterocycles. The van der Waals surface area contributed by atoms with Gasteiger partial charge < -0.3 is 14.6 Å². The van der Waals surface area contributed by atoms with Crippen molar-refractivity contribution in [2.75, 3.05) is 13.7 Å². The molecule has 27 heavy (non-hydrogen) atoms. The van der Waals surface area contributed by atoms with Gasteiger partial charge in [-0.2, -0.15) is 0 Å². The molecule has 7 nitrogen and oxygen atoms in total. The molecule has 0 aliphatic carbocycles. The minimum atomic E-state index is -0.876. The summed E-state index contributed by atoms with van der Waals surface area (Å²) in [5, 5.41) is 8.59. The second-order valence-electron chi connectivity index (χ2n) is 5.47. The van der Waals surface area contributed by atoms with Gasteiger partial charge in [0.1, 0.15) is 0 Å². The minimum Gasteiger partial charge on any atom is -0.483 e. The van der Waals surface area contributed by atoms with Crippen LogP contribution in [0.2, 0.25) is 0 Å². The number of rotatable bonds is 9. The molecule has 2 aromatic rings. The number of esters is 1. The summed E-state index contributed by atoms with van der Waals surface area (Å²) in [5.41, 5.74) is 2.25. The van der Waals surface area contributed by atoms with Crippen molar-refractivity contribution in [3.8, 4) is 0 Å². The van der Waals surface area contributed by atoms with Crippen LogP contribution >= 0.6 is 0 Å². The maximum Gasteiger partial charge on any atom is 0.337 e. The molecule has 7 heteroatoms. The number of carbonyl (C=O) groups excluding carboxylic acids is 1. The van der Waals surface area contributed by atoms with Gasteiger partial charge in [-0.25, -0.2) is 9.79 Å². The molecule has 0 atom stereocenters. The van der Waals surface area contributed by atoms with Gasteiger partial charge in [0.15, 0.2) is 6.40 Å². The second-order valence-corrected chi connectivity index (χ2v) is 5.47. The summed E-state index contributed by atoms with van der Waals surface area (Å²) >= 11 is 0. The molecule has 1 N–H and O–H groups in total. The van der Waals surface area contributed by atoms with Crippen LogP contribution in [0, 0.1) is 0 Å². The van der Waals surface area contributed by atoms with E-state index in [9.17, 15) is 9.59 Å². The summed E-state index contributed by atoms with van der Waals surface area (Å²) in [7, 11) is 1.30. The fourth-order valence-corrected chi connectivity index (χ4v) is 2.12. The third-order valence-corrected chi connectivity index (χ3v) is 3.47. The Balaban J connectivity index is 2.15. The Morgan fingerprint density at radius 1 is 1.07 bits per heavy atom. The third-order valence-electron chi connectivity index (χ3n) is 3.47. The minimum absolute atomic E-state index is 0.0261. The first-order valence-corrected chi connectivity index (χ1v) is 8.27. The average Bonchev–Trinajstić information content (AvgIpc) is 2.69. The maximum absolute atomic E-state index is 11.7. The van der Waals surface area contributed by atoms with Crippen molar-refractivity contribution in [1.82, 2.24) is 0 Å². The SMILES string of the molecule is COC(=O)c1ccc(N=Cc2ccccc2)c(N=COCCCC(=O)O)c1. The van der Waals surface area contributed by atoms with E-state index >= 15 is 0 Å². The van der Waals surface area contributed by atoms with E-state index in [1.165, 1.54) is 13.5 Å². The van der Waals surface area contributed by atoms with Crippen molar-refractivity contribution >= 4 is 35.9 Å². The lowest BCUT2D eigenvalue weighted by molar-refractivity contribution is -0.137. The quantitative estimate of drug-likeness (QED) is 0.314. The Kier molecular flexibility index (Phi) is 7.71. The number of ether oxygens (including phenoxy) is 2. The van der Waals surface area contributed by atoms with E-state index in [1.807, 2.05) is 30.3 Å². The zero-order valence-corrected chi connectivity index (χ0v) is 14.9. The normalized spacial score (nSPS) is 11.0. The largest absolute Gasteiger partial charge is 0.483 e. The number of carboxylic acid groups (broad SMARTS) is 1. The lowest BCUT2D eigenvalue weighted by Crippen LogP contribution is -2.00. The number of aliphatic imine (C=N–C) groups is 2. The third kappa shape index (κ3) is 6.74. The number of methoxy groups -OCH3 is 1. The van der Waals surface area contributed by atoms with Gasteiger partial charge in [-0.1, -0.05) is 30.3 Å². The van der Waals surface area contributed by atoms with Gasteiger partial charge in [0, 0.05) is 12.6 Å². The first-order chi connectivity index (χ1) is 13.1. The molecular weight excluding hydrogens is 348 g/mol. The topological polar surface area (TPSA) is 97.5 Å². The highest BCUT2D eigenvalue weighted by molar-refractivity contribution is 5.92. The predicted molar refractivity (Wildman–Crippen MR) is 102 cm³/mol. The summed E-state index contributed by atoms with van der Waals surface area (Å²) in [5.74, 6) is -1.36. The molecule has 0 saturated carbocycles. The molecule has 0 radical (unpaired) electrons. The molecule has 140 valence electrons. The van der Waals surface area contributed by atoms with E-state index in [0.717, 1.165) is 5.56 Å². The van der Waals surface area contributed by atoms with E-state index in [0.29, 0.717) is 23.4 Å². The van der Waals surface area contributed by atoms with Gasteiger partial charge >= 0.3 is 11.9 Å². The van der Waals surface area contributed by atoms with Crippen molar-refractivity contribution < 1.29 is 24.2 Å². The summed E-state index contributed by atoms with van der Waals surface area (Å²) in [4.78, 5) is 30.8. The highest BCUT2D eigenvalue weighted by Crippen LogP contribution is 2.29. The van der Waals surface area contributed by atoms with Crippen LogP contribution in [0.25, 0.3) is 0 Å². The Morgan fingerprint density at radius 3 is 2.56 bits per heavy atom. The maximum atomic E-state index is 11.7. The van der Waals surface area contributed by atoms with Gasteiger partial charge in [-0.05, 0) is 30.2 Å². The zero-order chi connectivity index (χ0) is 19.5. The molecule has 0 aliphatic rings. The molecular formula is C20H20N2O5. The monoisotopic (exact) mass is 368 g/mol. The van der Waals surface area contributed by atoms with Crippen LogP contribution in [-0.2, 0) is 14.3 Å². The van der Waals surface area contributed by atoms with Crippen LogP contribution in [0.4, 0.5) is 11.4 Å². The lowest BCUT2D eigenvalue weighted by Gasteiger charge is -2.04. The fraction of sp³-hybridized carbons (Fsp3) is 0.200. The molecule has 0 bridgehead atoms. The van der Waals surface area contributed by atoms with Gasteiger partial charge in [0.25, 0.3) is 0 Å². The molecule has 2 aromatic carbocycles. The van der Waals surface area contributed by atoms with Crippen LogP contribution in [0.5, 0.6) is 0 Å². The summed E-state index contributed by atoms with van der Waals surface area (Å²) in [6, 6.07) is 14.4. The van der Waals surface area contributed by atoms with Crippen LogP contribution in [0.15, 0.2) is 58.5 Å². The van der Waals surface area contributed by atoms with E-state index in [2.05, 4.69) is 9.98 Å². The Bertz CT molecular complexity index is 832. The average molecular weight is 368 g/mol. The van der Waals surface area contributed by atoms with Crippen molar-refractivity contribution in [3.63, 3.8) is 0 Å². The Labute approximate surface area is 157 Å². The summed E-state index contributed by atoms with van der Waals surface area (Å²) in [6.07, 6.45) is 3.32. The van der Waals surface area contributed by atoms with Gasteiger partial charge in [0.05, 0.1) is 30.7 Å².